The number of hydrogen-bond acceptors (Lipinski definition) is 2. The van der Waals surface area contributed by atoms with Gasteiger partial charge in [0.1, 0.15) is 0 Å². The molecule has 0 aromatic rings. The molecule has 1 aliphatic rings. The summed E-state index contributed by atoms with van der Waals surface area (Å²) in [5.41, 5.74) is -0.656. The maximum absolute atomic E-state index is 10.7. The van der Waals surface area contributed by atoms with Gasteiger partial charge in [-0.1, -0.05) is 6.08 Å². The Morgan fingerprint density at radius 2 is 2.64 bits per heavy atom. The van der Waals surface area contributed by atoms with E-state index in [9.17, 15) is 4.79 Å². The van der Waals surface area contributed by atoms with Crippen molar-refractivity contribution in [2.24, 2.45) is 11.3 Å². The molecule has 1 fully saturated rings. The molecule has 1 N–H and O–H groups in total. The molecular weight excluding hydrogens is 144 g/mol. The van der Waals surface area contributed by atoms with E-state index in [4.69, 9.17) is 9.84 Å². The number of carboxylic acids is 1. The van der Waals surface area contributed by atoms with Crippen LogP contribution in [0.25, 0.3) is 0 Å². The topological polar surface area (TPSA) is 46.5 Å². The van der Waals surface area contributed by atoms with Crippen LogP contribution in [0.15, 0.2) is 12.7 Å². The molecule has 3 heteroatoms. The molecule has 0 heterocycles. The fourth-order valence-corrected chi connectivity index (χ4v) is 1.37. The zero-order chi connectivity index (χ0) is 8.48. The minimum absolute atomic E-state index is 0.0972. The summed E-state index contributed by atoms with van der Waals surface area (Å²) < 4.78 is 4.83. The van der Waals surface area contributed by atoms with Crippen LogP contribution in [-0.2, 0) is 9.53 Å². The van der Waals surface area contributed by atoms with E-state index in [1.807, 2.05) is 0 Å². The molecule has 1 unspecified atom stereocenters. The number of hydrogen-bond donors (Lipinski definition) is 1. The zero-order valence-corrected chi connectivity index (χ0v) is 6.54. The van der Waals surface area contributed by atoms with E-state index < -0.39 is 11.4 Å². The average Bonchev–Trinajstić information content (AvgIpc) is 2.65. The molecule has 0 bridgehead atoms. The number of ether oxygens (including phenoxy) is 1. The van der Waals surface area contributed by atoms with Gasteiger partial charge < -0.3 is 9.84 Å². The van der Waals surface area contributed by atoms with E-state index in [-0.39, 0.29) is 5.92 Å². The summed E-state index contributed by atoms with van der Waals surface area (Å²) in [7, 11) is 1.52. The lowest BCUT2D eigenvalue weighted by Crippen LogP contribution is -2.22. The Labute approximate surface area is 65.7 Å². The van der Waals surface area contributed by atoms with E-state index in [1.165, 1.54) is 7.11 Å². The summed E-state index contributed by atoms with van der Waals surface area (Å²) >= 11 is 0. The lowest BCUT2D eigenvalue weighted by molar-refractivity contribution is -0.145. The smallest absolute Gasteiger partial charge is 0.312 e. The molecule has 2 atom stereocenters. The van der Waals surface area contributed by atoms with Gasteiger partial charge in [0.05, 0.1) is 12.0 Å². The lowest BCUT2D eigenvalue weighted by atomic mass is 10.1. The van der Waals surface area contributed by atoms with Crippen molar-refractivity contribution >= 4 is 5.97 Å². The third kappa shape index (κ3) is 1.16. The van der Waals surface area contributed by atoms with Crippen LogP contribution in [0.5, 0.6) is 0 Å². The van der Waals surface area contributed by atoms with Crippen molar-refractivity contribution in [2.45, 2.75) is 6.42 Å². The largest absolute Gasteiger partial charge is 0.481 e. The van der Waals surface area contributed by atoms with Gasteiger partial charge in [0.25, 0.3) is 0 Å². The Bertz CT molecular complexity index is 188. The molecule has 1 saturated carbocycles. The Morgan fingerprint density at radius 1 is 2.00 bits per heavy atom. The van der Waals surface area contributed by atoms with Crippen LogP contribution in [-0.4, -0.2) is 24.8 Å². The molecule has 0 aromatic heterocycles. The van der Waals surface area contributed by atoms with Crippen LogP contribution in [0.4, 0.5) is 0 Å². The van der Waals surface area contributed by atoms with E-state index in [0.717, 1.165) is 0 Å². The number of allylic oxidation sites excluding steroid dienone is 1. The Hall–Kier alpha value is -0.830. The fraction of sp³-hybridized carbons (Fsp3) is 0.625. The van der Waals surface area contributed by atoms with Crippen molar-refractivity contribution < 1.29 is 14.6 Å². The van der Waals surface area contributed by atoms with Gasteiger partial charge >= 0.3 is 5.97 Å². The van der Waals surface area contributed by atoms with Crippen molar-refractivity contribution in [3.05, 3.63) is 12.7 Å². The van der Waals surface area contributed by atoms with Gasteiger partial charge in [-0.05, 0) is 12.3 Å². The zero-order valence-electron chi connectivity index (χ0n) is 6.54. The molecule has 62 valence electrons. The first-order valence-electron chi connectivity index (χ1n) is 3.52. The summed E-state index contributed by atoms with van der Waals surface area (Å²) in [6.07, 6.45) is 2.35. The van der Waals surface area contributed by atoms with Crippen LogP contribution in [0.2, 0.25) is 0 Å². The maximum atomic E-state index is 10.7. The van der Waals surface area contributed by atoms with E-state index >= 15 is 0 Å². The van der Waals surface area contributed by atoms with Crippen molar-refractivity contribution in [1.82, 2.24) is 0 Å². The predicted octanol–water partition coefficient (Wildman–Crippen LogP) is 0.910. The summed E-state index contributed by atoms with van der Waals surface area (Å²) in [5, 5.41) is 8.81. The number of carboxylic acid groups (broad SMARTS) is 1. The van der Waals surface area contributed by atoms with Gasteiger partial charge in [0.15, 0.2) is 0 Å². The van der Waals surface area contributed by atoms with Crippen molar-refractivity contribution in [1.29, 1.82) is 0 Å². The summed E-state index contributed by atoms with van der Waals surface area (Å²) in [5.74, 6) is -0.677. The molecule has 11 heavy (non-hydrogen) atoms. The van der Waals surface area contributed by atoms with Crippen molar-refractivity contribution in [2.75, 3.05) is 13.7 Å². The number of methoxy groups -OCH3 is 1. The molecule has 0 spiro atoms. The second kappa shape index (κ2) is 2.66. The fourth-order valence-electron chi connectivity index (χ4n) is 1.37. The highest BCUT2D eigenvalue weighted by Gasteiger charge is 2.58. The van der Waals surface area contributed by atoms with E-state index in [2.05, 4.69) is 6.58 Å². The predicted molar refractivity (Wildman–Crippen MR) is 40.2 cm³/mol. The van der Waals surface area contributed by atoms with E-state index in [1.54, 1.807) is 6.08 Å². The van der Waals surface area contributed by atoms with Crippen LogP contribution >= 0.6 is 0 Å². The van der Waals surface area contributed by atoms with Crippen LogP contribution < -0.4 is 0 Å². The van der Waals surface area contributed by atoms with Crippen LogP contribution in [0, 0.1) is 11.3 Å². The molecule has 0 amide bonds. The van der Waals surface area contributed by atoms with Crippen LogP contribution in [0.1, 0.15) is 6.42 Å². The first-order valence-corrected chi connectivity index (χ1v) is 3.52. The van der Waals surface area contributed by atoms with Gasteiger partial charge in [0, 0.05) is 7.11 Å². The van der Waals surface area contributed by atoms with Gasteiger partial charge in [-0.3, -0.25) is 4.79 Å². The van der Waals surface area contributed by atoms with Gasteiger partial charge in [-0.15, -0.1) is 6.58 Å². The molecule has 0 saturated heterocycles. The molecule has 0 aliphatic heterocycles. The Kier molecular flexibility index (Phi) is 2.00. The SMILES string of the molecule is C=CC1C[C@]1(COC)C(=O)O. The third-order valence-electron chi connectivity index (χ3n) is 2.25. The molecule has 3 nitrogen and oxygen atoms in total. The van der Waals surface area contributed by atoms with E-state index in [0.29, 0.717) is 13.0 Å². The highest BCUT2D eigenvalue weighted by Crippen LogP contribution is 2.53. The summed E-state index contributed by atoms with van der Waals surface area (Å²) in [6, 6.07) is 0. The summed E-state index contributed by atoms with van der Waals surface area (Å²) in [4.78, 5) is 10.7. The highest BCUT2D eigenvalue weighted by atomic mass is 16.5. The highest BCUT2D eigenvalue weighted by molar-refractivity contribution is 5.79. The monoisotopic (exact) mass is 156 g/mol. The molecule has 1 aliphatic carbocycles. The van der Waals surface area contributed by atoms with Crippen LogP contribution in [0.3, 0.4) is 0 Å². The lowest BCUT2D eigenvalue weighted by Gasteiger charge is -2.08. The minimum atomic E-state index is -0.774. The minimum Gasteiger partial charge on any atom is -0.481 e. The number of carbonyl (C=O) groups is 1. The second-order valence-electron chi connectivity index (χ2n) is 2.94. The Balaban J connectivity index is 2.62. The van der Waals surface area contributed by atoms with Crippen molar-refractivity contribution in [3.63, 3.8) is 0 Å². The third-order valence-corrected chi connectivity index (χ3v) is 2.25. The standard InChI is InChI=1S/C8H12O3/c1-3-6-4-8(6,5-11-2)7(9)10/h3,6H,1,4-5H2,2H3,(H,9,10)/t6?,8-/m1/s1. The van der Waals surface area contributed by atoms with Gasteiger partial charge in [-0.2, -0.15) is 0 Å². The molecular formula is C8H12O3. The summed E-state index contributed by atoms with van der Waals surface area (Å²) in [6.45, 7) is 3.85. The molecule has 0 radical (unpaired) electrons. The second-order valence-corrected chi connectivity index (χ2v) is 2.94. The quantitative estimate of drug-likeness (QED) is 0.615. The number of rotatable bonds is 4. The first-order chi connectivity index (χ1) is 5.17. The molecule has 1 rings (SSSR count). The molecule has 0 aromatic carbocycles. The van der Waals surface area contributed by atoms with Gasteiger partial charge in [-0.25, -0.2) is 0 Å². The normalized spacial score (nSPS) is 34.8. The van der Waals surface area contributed by atoms with Gasteiger partial charge in [0.2, 0.25) is 0 Å². The van der Waals surface area contributed by atoms with Crippen molar-refractivity contribution in [3.8, 4) is 0 Å². The maximum Gasteiger partial charge on any atom is 0.312 e. The average molecular weight is 156 g/mol. The first kappa shape index (κ1) is 8.27. The Morgan fingerprint density at radius 3 is 2.91 bits per heavy atom. The number of aliphatic carboxylic acids is 1.